The van der Waals surface area contributed by atoms with Crippen molar-refractivity contribution in [2.75, 3.05) is 0 Å². The molecule has 0 heterocycles. The van der Waals surface area contributed by atoms with Crippen molar-refractivity contribution >= 4 is 22.1 Å². The summed E-state index contributed by atoms with van der Waals surface area (Å²) in [6, 6.07) is 8.05. The Morgan fingerprint density at radius 2 is 1.91 bits per heavy atom. The molecule has 0 aliphatic carbocycles. The predicted molar refractivity (Wildman–Crippen MR) is 51.3 cm³/mol. The molecule has 11 heavy (non-hydrogen) atoms. The molecule has 0 fully saturated rings. The minimum atomic E-state index is 0.225. The van der Waals surface area contributed by atoms with Gasteiger partial charge in [0.25, 0.3) is 0 Å². The summed E-state index contributed by atoms with van der Waals surface area (Å²) in [5.74, 6) is 0.225. The van der Waals surface area contributed by atoms with Crippen LogP contribution < -0.4 is 0 Å². The Kier molecular flexibility index (Phi) is 2.83. The van der Waals surface area contributed by atoms with E-state index >= 15 is 0 Å². The van der Waals surface area contributed by atoms with Gasteiger partial charge in [0.1, 0.15) is 0 Å². The first-order chi connectivity index (χ1) is 5.24. The van der Waals surface area contributed by atoms with Crippen LogP contribution in [-0.2, 0) is 0 Å². The highest BCUT2D eigenvalue weighted by Gasteiger charge is 1.99. The molecule has 1 rings (SSSR count). The maximum Gasteiger partial charge on any atom is 0.0175 e. The van der Waals surface area contributed by atoms with Crippen LogP contribution in [0.5, 0.6) is 0 Å². The van der Waals surface area contributed by atoms with Gasteiger partial charge in [-0.1, -0.05) is 35.0 Å². The molecule has 1 aromatic rings. The summed E-state index contributed by atoms with van der Waals surface area (Å²) in [4.78, 5) is 0. The first kappa shape index (κ1) is 8.47. The third-order valence-electron chi connectivity index (χ3n) is 1.65. The van der Waals surface area contributed by atoms with Gasteiger partial charge in [0.05, 0.1) is 0 Å². The summed E-state index contributed by atoms with van der Waals surface area (Å²) in [5.41, 5.74) is 1.18. The Balaban J connectivity index is 2.89. The Hall–Kier alpha value is -0.630. The monoisotopic (exact) mass is 211 g/mol. The highest BCUT2D eigenvalue weighted by atomic mass is 79.9. The highest BCUT2D eigenvalue weighted by Crippen LogP contribution is 2.16. The van der Waals surface area contributed by atoms with E-state index in [1.54, 1.807) is 0 Å². The van der Waals surface area contributed by atoms with Crippen LogP contribution in [0.2, 0.25) is 0 Å². The van der Waals surface area contributed by atoms with Crippen LogP contribution in [0.3, 0.4) is 0 Å². The summed E-state index contributed by atoms with van der Waals surface area (Å²) in [6.45, 7) is 2.01. The van der Waals surface area contributed by atoms with Gasteiger partial charge >= 0.3 is 0 Å². The van der Waals surface area contributed by atoms with Crippen molar-refractivity contribution in [1.82, 2.24) is 0 Å². The average molecular weight is 212 g/mol. The molecule has 58 valence electrons. The Bertz CT molecular complexity index is 240. The van der Waals surface area contributed by atoms with Gasteiger partial charge in [-0.15, -0.1) is 0 Å². The average Bonchev–Trinajstić information content (AvgIpc) is 2.05. The Morgan fingerprint density at radius 1 is 1.36 bits per heavy atom. The van der Waals surface area contributed by atoms with E-state index in [0.29, 0.717) is 0 Å². The van der Waals surface area contributed by atoms with Gasteiger partial charge in [-0.3, -0.25) is 0 Å². The number of nitrogens with one attached hydrogen (secondary N) is 1. The maximum absolute atomic E-state index is 7.06. The lowest BCUT2D eigenvalue weighted by Gasteiger charge is -2.03. The molecule has 1 nitrogen and oxygen atoms in total. The van der Waals surface area contributed by atoms with Gasteiger partial charge in [-0.2, -0.15) is 0 Å². The number of hydrogen-bond acceptors (Lipinski definition) is 1. The van der Waals surface area contributed by atoms with Gasteiger partial charge in [-0.05, 0) is 17.7 Å². The van der Waals surface area contributed by atoms with E-state index in [4.69, 9.17) is 5.41 Å². The fourth-order valence-electron chi connectivity index (χ4n) is 0.863. The van der Waals surface area contributed by atoms with Crippen molar-refractivity contribution in [3.8, 4) is 0 Å². The van der Waals surface area contributed by atoms with E-state index < -0.39 is 0 Å². The first-order valence-electron chi connectivity index (χ1n) is 3.50. The molecule has 0 aliphatic rings. The Morgan fingerprint density at radius 3 is 2.36 bits per heavy atom. The summed E-state index contributed by atoms with van der Waals surface area (Å²) >= 11 is 3.36. The van der Waals surface area contributed by atoms with E-state index in [1.165, 1.54) is 11.8 Å². The largest absolute Gasteiger partial charge is 0.312 e. The lowest BCUT2D eigenvalue weighted by molar-refractivity contribution is 1.03. The summed E-state index contributed by atoms with van der Waals surface area (Å²) in [5, 5.41) is 7.06. The van der Waals surface area contributed by atoms with Gasteiger partial charge in [0, 0.05) is 16.6 Å². The van der Waals surface area contributed by atoms with Crippen molar-refractivity contribution in [3.63, 3.8) is 0 Å². The van der Waals surface area contributed by atoms with E-state index in [9.17, 15) is 0 Å². The minimum Gasteiger partial charge on any atom is -0.312 e. The number of rotatable bonds is 2. The predicted octanol–water partition coefficient (Wildman–Crippen LogP) is 3.20. The molecule has 1 atom stereocenters. The highest BCUT2D eigenvalue weighted by molar-refractivity contribution is 9.10. The van der Waals surface area contributed by atoms with E-state index in [-0.39, 0.29) is 5.92 Å². The lowest BCUT2D eigenvalue weighted by Crippen LogP contribution is -1.92. The SMILES string of the molecule is CC(C=N)c1ccc(Br)cc1. The summed E-state index contributed by atoms with van der Waals surface area (Å²) in [7, 11) is 0. The number of halogens is 1. The van der Waals surface area contributed by atoms with Gasteiger partial charge in [0.2, 0.25) is 0 Å². The molecule has 1 aromatic carbocycles. The lowest BCUT2D eigenvalue weighted by atomic mass is 10.0. The molecule has 1 N–H and O–H groups in total. The van der Waals surface area contributed by atoms with Crippen LogP contribution in [0.1, 0.15) is 18.4 Å². The quantitative estimate of drug-likeness (QED) is 0.728. The molecule has 2 heteroatoms. The topological polar surface area (TPSA) is 23.9 Å². The van der Waals surface area contributed by atoms with Crippen LogP contribution in [0.25, 0.3) is 0 Å². The van der Waals surface area contributed by atoms with Crippen molar-refractivity contribution in [2.24, 2.45) is 0 Å². The van der Waals surface area contributed by atoms with Crippen LogP contribution in [0.4, 0.5) is 0 Å². The van der Waals surface area contributed by atoms with Crippen molar-refractivity contribution in [2.45, 2.75) is 12.8 Å². The fourth-order valence-corrected chi connectivity index (χ4v) is 1.13. The second-order valence-corrected chi connectivity index (χ2v) is 3.42. The van der Waals surface area contributed by atoms with Crippen LogP contribution >= 0.6 is 15.9 Å². The zero-order valence-corrected chi connectivity index (χ0v) is 7.93. The van der Waals surface area contributed by atoms with E-state index in [2.05, 4.69) is 15.9 Å². The van der Waals surface area contributed by atoms with E-state index in [0.717, 1.165) is 4.47 Å². The minimum absolute atomic E-state index is 0.225. The molecule has 0 spiro atoms. The standard InChI is InChI=1S/C9H10BrN/c1-7(6-11)8-2-4-9(10)5-3-8/h2-7,11H,1H3. The molecule has 0 aliphatic heterocycles. The zero-order valence-electron chi connectivity index (χ0n) is 6.34. The third-order valence-corrected chi connectivity index (χ3v) is 2.17. The van der Waals surface area contributed by atoms with Crippen LogP contribution in [0.15, 0.2) is 28.7 Å². The second-order valence-electron chi connectivity index (χ2n) is 2.51. The second kappa shape index (κ2) is 3.67. The molecular weight excluding hydrogens is 202 g/mol. The van der Waals surface area contributed by atoms with Crippen molar-refractivity contribution in [3.05, 3.63) is 34.3 Å². The molecule has 0 saturated heterocycles. The third kappa shape index (κ3) is 2.15. The molecular formula is C9H10BrN. The van der Waals surface area contributed by atoms with Crippen LogP contribution in [0, 0.1) is 5.41 Å². The smallest absolute Gasteiger partial charge is 0.0175 e. The zero-order chi connectivity index (χ0) is 8.27. The van der Waals surface area contributed by atoms with Crippen molar-refractivity contribution < 1.29 is 0 Å². The van der Waals surface area contributed by atoms with Gasteiger partial charge in [-0.25, -0.2) is 0 Å². The fraction of sp³-hybridized carbons (Fsp3) is 0.222. The van der Waals surface area contributed by atoms with Crippen LogP contribution in [-0.4, -0.2) is 6.21 Å². The first-order valence-corrected chi connectivity index (χ1v) is 4.29. The number of benzene rings is 1. The number of hydrogen-bond donors (Lipinski definition) is 1. The van der Waals surface area contributed by atoms with Gasteiger partial charge in [0.15, 0.2) is 0 Å². The summed E-state index contributed by atoms with van der Waals surface area (Å²) < 4.78 is 1.08. The molecule has 0 amide bonds. The normalized spacial score (nSPS) is 12.5. The van der Waals surface area contributed by atoms with Crippen molar-refractivity contribution in [1.29, 1.82) is 5.41 Å². The molecule has 0 bridgehead atoms. The maximum atomic E-state index is 7.06. The van der Waals surface area contributed by atoms with E-state index in [1.807, 2.05) is 31.2 Å². The summed E-state index contributed by atoms with van der Waals surface area (Å²) in [6.07, 6.45) is 1.45. The molecule has 0 saturated carbocycles. The molecule has 0 aromatic heterocycles. The Labute approximate surface area is 75.1 Å². The molecule has 0 radical (unpaired) electrons. The van der Waals surface area contributed by atoms with Gasteiger partial charge < -0.3 is 5.41 Å². The molecule has 1 unspecified atom stereocenters.